The molecule has 0 atom stereocenters. The fourth-order valence-corrected chi connectivity index (χ4v) is 1.70. The molecule has 2 N–H and O–H groups in total. The lowest BCUT2D eigenvalue weighted by Gasteiger charge is -2.08. The molecule has 4 heteroatoms. The minimum absolute atomic E-state index is 0.0120. The van der Waals surface area contributed by atoms with Crippen molar-refractivity contribution >= 4 is 22.6 Å². The second-order valence-corrected chi connectivity index (χ2v) is 3.04. The van der Waals surface area contributed by atoms with E-state index in [1.807, 2.05) is 0 Å². The molecule has 0 spiro atoms. The maximum atomic E-state index is 9.36. The monoisotopic (exact) mass is 280 g/mol. The predicted octanol–water partition coefficient (Wildman–Crippen LogP) is 2.04. The Kier molecular flexibility index (Phi) is 3.02. The van der Waals surface area contributed by atoms with E-state index in [2.05, 4.69) is 22.6 Å². The van der Waals surface area contributed by atoms with Crippen molar-refractivity contribution in [2.24, 2.45) is 0 Å². The molecule has 0 radical (unpaired) electrons. The molecule has 0 fully saturated rings. The Morgan fingerprint density at radius 2 is 2.08 bits per heavy atom. The lowest BCUT2D eigenvalue weighted by atomic mass is 10.2. The van der Waals surface area contributed by atoms with Crippen molar-refractivity contribution in [3.63, 3.8) is 0 Å². The number of hydrogen-bond acceptors (Lipinski definition) is 3. The van der Waals surface area contributed by atoms with Crippen LogP contribution in [0.2, 0.25) is 0 Å². The van der Waals surface area contributed by atoms with Crippen LogP contribution in [-0.4, -0.2) is 17.3 Å². The molecule has 1 aromatic carbocycles. The van der Waals surface area contributed by atoms with Crippen molar-refractivity contribution in [1.82, 2.24) is 0 Å². The highest BCUT2D eigenvalue weighted by Crippen LogP contribution is 2.33. The average Bonchev–Trinajstić information content (AvgIpc) is 2.03. The highest BCUT2D eigenvalue weighted by atomic mass is 127. The minimum atomic E-state index is 0.0120. The molecule has 0 saturated carbocycles. The number of halogens is 1. The number of phenols is 2. The zero-order valence-electron chi connectivity index (χ0n) is 6.54. The highest BCUT2D eigenvalue weighted by molar-refractivity contribution is 14.1. The van der Waals surface area contributed by atoms with E-state index in [4.69, 9.17) is 9.84 Å². The van der Waals surface area contributed by atoms with Gasteiger partial charge in [0, 0.05) is 22.1 Å². The summed E-state index contributed by atoms with van der Waals surface area (Å²) >= 11 is 2.12. The predicted molar refractivity (Wildman–Crippen MR) is 54.0 cm³/mol. The van der Waals surface area contributed by atoms with E-state index in [-0.39, 0.29) is 11.5 Å². The molecule has 1 rings (SSSR count). The van der Waals surface area contributed by atoms with Crippen LogP contribution < -0.4 is 4.74 Å². The van der Waals surface area contributed by atoms with Gasteiger partial charge in [-0.05, 0) is 0 Å². The van der Waals surface area contributed by atoms with E-state index < -0.39 is 0 Å². The third-order valence-electron chi connectivity index (χ3n) is 1.52. The van der Waals surface area contributed by atoms with Crippen molar-refractivity contribution in [3.8, 4) is 17.2 Å². The standard InChI is InChI=1S/C8H9IO3/c1-12-8-3-5(10)2-7(11)6(8)4-9/h2-3,10-11H,4H2,1H3. The first-order chi connectivity index (χ1) is 5.69. The number of benzene rings is 1. The molecule has 0 aliphatic carbocycles. The van der Waals surface area contributed by atoms with Crippen molar-refractivity contribution in [1.29, 1.82) is 0 Å². The van der Waals surface area contributed by atoms with Crippen LogP contribution in [0.4, 0.5) is 0 Å². The summed E-state index contributed by atoms with van der Waals surface area (Å²) in [5, 5.41) is 18.5. The first-order valence-corrected chi connectivity index (χ1v) is 4.86. The maximum absolute atomic E-state index is 9.36. The number of phenolic OH excluding ortho intramolecular Hbond substituents is 2. The molecular weight excluding hydrogens is 271 g/mol. The molecule has 0 saturated heterocycles. The van der Waals surface area contributed by atoms with Gasteiger partial charge in [-0.2, -0.15) is 0 Å². The van der Waals surface area contributed by atoms with Crippen LogP contribution in [0, 0.1) is 0 Å². The van der Waals surface area contributed by atoms with Crippen LogP contribution in [0.3, 0.4) is 0 Å². The van der Waals surface area contributed by atoms with Gasteiger partial charge in [0.2, 0.25) is 0 Å². The summed E-state index contributed by atoms with van der Waals surface area (Å²) in [5.74, 6) is 0.598. The molecular formula is C8H9IO3. The summed E-state index contributed by atoms with van der Waals surface area (Å²) in [6.07, 6.45) is 0. The lowest BCUT2D eigenvalue weighted by Crippen LogP contribution is -1.89. The van der Waals surface area contributed by atoms with Gasteiger partial charge < -0.3 is 14.9 Å². The van der Waals surface area contributed by atoms with E-state index in [0.29, 0.717) is 15.7 Å². The van der Waals surface area contributed by atoms with Gasteiger partial charge in [-0.15, -0.1) is 0 Å². The largest absolute Gasteiger partial charge is 0.508 e. The molecule has 0 aliphatic rings. The quantitative estimate of drug-likeness (QED) is 0.644. The second kappa shape index (κ2) is 3.84. The van der Waals surface area contributed by atoms with Gasteiger partial charge in [0.1, 0.15) is 17.2 Å². The van der Waals surface area contributed by atoms with Gasteiger partial charge in [-0.25, -0.2) is 0 Å². The number of hydrogen-bond donors (Lipinski definition) is 2. The van der Waals surface area contributed by atoms with Crippen LogP contribution in [-0.2, 0) is 4.43 Å². The second-order valence-electron chi connectivity index (χ2n) is 2.28. The van der Waals surface area contributed by atoms with Crippen molar-refractivity contribution in [2.45, 2.75) is 4.43 Å². The zero-order chi connectivity index (χ0) is 9.14. The third kappa shape index (κ3) is 1.74. The summed E-state index contributed by atoms with van der Waals surface area (Å²) in [6.45, 7) is 0. The van der Waals surface area contributed by atoms with E-state index >= 15 is 0 Å². The summed E-state index contributed by atoms with van der Waals surface area (Å²) in [5.41, 5.74) is 0.705. The van der Waals surface area contributed by atoms with Crippen LogP contribution >= 0.6 is 22.6 Å². The topological polar surface area (TPSA) is 49.7 Å². The van der Waals surface area contributed by atoms with Gasteiger partial charge in [0.05, 0.1) is 7.11 Å². The number of alkyl halides is 1. The fourth-order valence-electron chi connectivity index (χ4n) is 0.933. The van der Waals surface area contributed by atoms with E-state index in [9.17, 15) is 5.11 Å². The van der Waals surface area contributed by atoms with Crippen molar-refractivity contribution in [2.75, 3.05) is 7.11 Å². The Hall–Kier alpha value is -0.650. The first kappa shape index (κ1) is 9.44. The van der Waals surface area contributed by atoms with Gasteiger partial charge in [0.15, 0.2) is 0 Å². The first-order valence-electron chi connectivity index (χ1n) is 3.34. The molecule has 3 nitrogen and oxygen atoms in total. The van der Waals surface area contributed by atoms with E-state index in [0.717, 1.165) is 0 Å². The lowest BCUT2D eigenvalue weighted by molar-refractivity contribution is 0.393. The van der Waals surface area contributed by atoms with E-state index in [1.54, 1.807) is 0 Å². The molecule has 0 aliphatic heterocycles. The van der Waals surface area contributed by atoms with E-state index in [1.165, 1.54) is 19.2 Å². The Morgan fingerprint density at radius 3 is 2.58 bits per heavy atom. The molecule has 0 aromatic heterocycles. The number of ether oxygens (including phenoxy) is 1. The Morgan fingerprint density at radius 1 is 1.42 bits per heavy atom. The summed E-state index contributed by atoms with van der Waals surface area (Å²) < 4.78 is 5.62. The van der Waals surface area contributed by atoms with Crippen molar-refractivity contribution in [3.05, 3.63) is 17.7 Å². The zero-order valence-corrected chi connectivity index (χ0v) is 8.70. The number of rotatable bonds is 2. The highest BCUT2D eigenvalue weighted by Gasteiger charge is 2.08. The van der Waals surface area contributed by atoms with Gasteiger partial charge in [0.25, 0.3) is 0 Å². The maximum Gasteiger partial charge on any atom is 0.130 e. The average molecular weight is 280 g/mol. The Bertz CT molecular complexity index is 286. The van der Waals surface area contributed by atoms with Gasteiger partial charge >= 0.3 is 0 Å². The third-order valence-corrected chi connectivity index (χ3v) is 2.29. The molecule has 0 heterocycles. The smallest absolute Gasteiger partial charge is 0.130 e. The molecule has 0 unspecified atom stereocenters. The van der Waals surface area contributed by atoms with Crippen LogP contribution in [0.5, 0.6) is 17.2 Å². The SMILES string of the molecule is COc1cc(O)cc(O)c1CI. The number of aromatic hydroxyl groups is 2. The summed E-state index contributed by atoms with van der Waals surface area (Å²) in [7, 11) is 1.50. The number of methoxy groups -OCH3 is 1. The van der Waals surface area contributed by atoms with Crippen molar-refractivity contribution < 1.29 is 14.9 Å². The molecule has 66 valence electrons. The molecule has 0 bridgehead atoms. The Balaban J connectivity index is 3.24. The van der Waals surface area contributed by atoms with Crippen LogP contribution in [0.15, 0.2) is 12.1 Å². The fraction of sp³-hybridized carbons (Fsp3) is 0.250. The molecule has 1 aromatic rings. The molecule has 12 heavy (non-hydrogen) atoms. The van der Waals surface area contributed by atoms with Crippen LogP contribution in [0.1, 0.15) is 5.56 Å². The van der Waals surface area contributed by atoms with Crippen LogP contribution in [0.25, 0.3) is 0 Å². The summed E-state index contributed by atoms with van der Waals surface area (Å²) in [6, 6.07) is 2.78. The normalized spacial score (nSPS) is 9.83. The Labute approximate surface area is 84.1 Å². The summed E-state index contributed by atoms with van der Waals surface area (Å²) in [4.78, 5) is 0. The minimum Gasteiger partial charge on any atom is -0.508 e. The van der Waals surface area contributed by atoms with Gasteiger partial charge in [-0.1, -0.05) is 22.6 Å². The molecule has 0 amide bonds. The van der Waals surface area contributed by atoms with Gasteiger partial charge in [-0.3, -0.25) is 0 Å².